The van der Waals surface area contributed by atoms with Crippen LogP contribution < -0.4 is 4.57 Å². The number of fused-ring (bicyclic) bond motifs is 5. The first kappa shape index (κ1) is 25.8. The quantitative estimate of drug-likeness (QED) is 0.120. The molecule has 206 valence electrons. The average molecular weight is 541 g/mol. The van der Waals surface area contributed by atoms with E-state index < -0.39 is 0 Å². The molecule has 41 heavy (non-hydrogen) atoms. The number of aryl methyl sites for hydroxylation is 4. The molecule has 0 aliphatic rings. The van der Waals surface area contributed by atoms with Crippen LogP contribution in [0.3, 0.4) is 0 Å². The minimum Gasteiger partial charge on any atom is -0.303 e. The summed E-state index contributed by atoms with van der Waals surface area (Å²) in [6.45, 7) is 19.7. The lowest BCUT2D eigenvalue weighted by molar-refractivity contribution is -0.644. The topological polar surface area (TPSA) is 47.0 Å². The van der Waals surface area contributed by atoms with Crippen LogP contribution in [-0.2, 0) is 17.9 Å². The molecule has 0 radical (unpaired) electrons. The minimum absolute atomic E-state index is 0.186. The van der Waals surface area contributed by atoms with E-state index in [2.05, 4.69) is 127 Å². The van der Waals surface area contributed by atoms with E-state index in [9.17, 15) is 0 Å². The Morgan fingerprint density at radius 3 is 2.05 bits per heavy atom. The summed E-state index contributed by atoms with van der Waals surface area (Å²) in [5.74, 6) is 2.38. The third-order valence-corrected chi connectivity index (χ3v) is 8.64. The summed E-state index contributed by atoms with van der Waals surface area (Å²) in [6.07, 6.45) is 2.21. The normalized spacial score (nSPS) is 13.1. The van der Waals surface area contributed by atoms with E-state index in [-0.39, 0.29) is 10.8 Å². The summed E-state index contributed by atoms with van der Waals surface area (Å²) < 4.78 is 4.77. The molecule has 4 heterocycles. The van der Waals surface area contributed by atoms with Crippen molar-refractivity contribution >= 4 is 49.0 Å². The van der Waals surface area contributed by atoms with E-state index in [1.165, 1.54) is 65.7 Å². The van der Waals surface area contributed by atoms with Gasteiger partial charge < -0.3 is 4.40 Å². The lowest BCUT2D eigenvalue weighted by Gasteiger charge is -2.22. The van der Waals surface area contributed by atoms with Gasteiger partial charge in [-0.1, -0.05) is 65.8 Å². The van der Waals surface area contributed by atoms with Crippen molar-refractivity contribution in [3.63, 3.8) is 0 Å². The first-order valence-corrected chi connectivity index (χ1v) is 14.5. The van der Waals surface area contributed by atoms with Gasteiger partial charge in [-0.05, 0) is 55.0 Å². The maximum atomic E-state index is 5.02. The molecule has 5 nitrogen and oxygen atoms in total. The van der Waals surface area contributed by atoms with Gasteiger partial charge in [0.25, 0.3) is 0 Å². The van der Waals surface area contributed by atoms with Crippen LogP contribution in [0.5, 0.6) is 0 Å². The maximum absolute atomic E-state index is 5.02. The standard InChI is InChI=1S/C36H38N5/c1-19-15-23-17-20(2)21(3)28-29(23)27(16-19)41-26-18-22(11-12-24(26)25-13-14-40(10)31(28)30(25)41)32-37-33(35(4,5)6)39-34(38-32)36(7,8)9/h11-18H,1-10H3/q+1. The van der Waals surface area contributed by atoms with Crippen LogP contribution in [0.4, 0.5) is 0 Å². The molecule has 0 amide bonds. The number of pyridine rings is 2. The van der Waals surface area contributed by atoms with E-state index in [1.54, 1.807) is 0 Å². The summed E-state index contributed by atoms with van der Waals surface area (Å²) in [5.41, 5.74) is 9.52. The molecule has 0 N–H and O–H groups in total. The Morgan fingerprint density at radius 2 is 1.39 bits per heavy atom. The van der Waals surface area contributed by atoms with Crippen LogP contribution in [0, 0.1) is 20.8 Å². The minimum atomic E-state index is -0.186. The van der Waals surface area contributed by atoms with Gasteiger partial charge in [-0.3, -0.25) is 0 Å². The molecule has 0 saturated heterocycles. The smallest absolute Gasteiger partial charge is 0.238 e. The molecule has 0 saturated carbocycles. The molecular weight excluding hydrogens is 502 g/mol. The van der Waals surface area contributed by atoms with Gasteiger partial charge in [-0.15, -0.1) is 0 Å². The predicted octanol–water partition coefficient (Wildman–Crippen LogP) is 8.19. The van der Waals surface area contributed by atoms with E-state index in [1.807, 2.05) is 0 Å². The fraction of sp³-hybridized carbons (Fsp3) is 0.333. The molecule has 0 atom stereocenters. The van der Waals surface area contributed by atoms with E-state index >= 15 is 0 Å². The van der Waals surface area contributed by atoms with E-state index in [0.29, 0.717) is 0 Å². The van der Waals surface area contributed by atoms with Gasteiger partial charge >= 0.3 is 0 Å². The van der Waals surface area contributed by atoms with E-state index in [4.69, 9.17) is 15.0 Å². The second-order valence-electron chi connectivity index (χ2n) is 14.0. The number of hydrogen-bond acceptors (Lipinski definition) is 3. The van der Waals surface area contributed by atoms with Crippen molar-refractivity contribution in [1.82, 2.24) is 19.4 Å². The zero-order chi connectivity index (χ0) is 29.2. The largest absolute Gasteiger partial charge is 0.303 e. The number of hydrogen-bond donors (Lipinski definition) is 0. The third kappa shape index (κ3) is 3.67. The Kier molecular flexibility index (Phi) is 5.18. The molecule has 4 aromatic heterocycles. The summed E-state index contributed by atoms with van der Waals surface area (Å²) in [6, 6.07) is 16.0. The highest BCUT2D eigenvalue weighted by Gasteiger charge is 2.27. The Morgan fingerprint density at radius 1 is 0.707 bits per heavy atom. The van der Waals surface area contributed by atoms with Crippen molar-refractivity contribution in [2.24, 2.45) is 7.05 Å². The van der Waals surface area contributed by atoms with Crippen molar-refractivity contribution in [3.8, 4) is 11.4 Å². The molecular formula is C36H38N5+. The van der Waals surface area contributed by atoms with Gasteiger partial charge in [0.05, 0.1) is 16.4 Å². The summed E-state index contributed by atoms with van der Waals surface area (Å²) in [7, 11) is 2.17. The highest BCUT2D eigenvalue weighted by molar-refractivity contribution is 6.26. The van der Waals surface area contributed by atoms with Crippen molar-refractivity contribution in [3.05, 3.63) is 77.0 Å². The first-order valence-electron chi connectivity index (χ1n) is 14.5. The summed E-state index contributed by atoms with van der Waals surface area (Å²) >= 11 is 0. The highest BCUT2D eigenvalue weighted by Crippen LogP contribution is 2.42. The maximum Gasteiger partial charge on any atom is 0.238 e. The fourth-order valence-electron chi connectivity index (χ4n) is 6.38. The van der Waals surface area contributed by atoms with Crippen LogP contribution in [-0.4, -0.2) is 19.4 Å². The number of benzene rings is 3. The van der Waals surface area contributed by atoms with Crippen molar-refractivity contribution in [1.29, 1.82) is 0 Å². The zero-order valence-corrected chi connectivity index (χ0v) is 25.9. The van der Waals surface area contributed by atoms with Crippen LogP contribution >= 0.6 is 0 Å². The fourth-order valence-corrected chi connectivity index (χ4v) is 6.38. The Labute approximate surface area is 241 Å². The number of nitrogens with zero attached hydrogens (tertiary/aromatic N) is 5. The van der Waals surface area contributed by atoms with Crippen molar-refractivity contribution in [2.75, 3.05) is 0 Å². The molecule has 0 fully saturated rings. The van der Waals surface area contributed by atoms with Crippen molar-refractivity contribution < 1.29 is 4.57 Å². The molecule has 7 rings (SSSR count). The Balaban J connectivity index is 1.67. The highest BCUT2D eigenvalue weighted by atomic mass is 15.1. The second kappa shape index (κ2) is 8.22. The summed E-state index contributed by atoms with van der Waals surface area (Å²) in [5, 5.41) is 6.47. The van der Waals surface area contributed by atoms with Gasteiger partial charge in [0, 0.05) is 38.6 Å². The van der Waals surface area contributed by atoms with Crippen LogP contribution in [0.25, 0.3) is 60.4 Å². The van der Waals surface area contributed by atoms with Gasteiger partial charge in [-0.25, -0.2) is 15.0 Å². The average Bonchev–Trinajstić information content (AvgIpc) is 3.22. The lowest BCUT2D eigenvalue weighted by Crippen LogP contribution is -2.29. The Bertz CT molecular complexity index is 2170. The monoisotopic (exact) mass is 540 g/mol. The van der Waals surface area contributed by atoms with Gasteiger partial charge in [0.2, 0.25) is 5.52 Å². The Hall–Kier alpha value is -4.12. The number of rotatable bonds is 1. The molecule has 3 aromatic carbocycles. The number of aromatic nitrogens is 5. The molecule has 7 aromatic rings. The molecule has 5 heteroatoms. The van der Waals surface area contributed by atoms with Gasteiger partial charge in [0.1, 0.15) is 24.2 Å². The summed E-state index contributed by atoms with van der Waals surface area (Å²) in [4.78, 5) is 15.0. The zero-order valence-electron chi connectivity index (χ0n) is 25.9. The van der Waals surface area contributed by atoms with Gasteiger partial charge in [0.15, 0.2) is 12.0 Å². The molecule has 0 aliphatic heterocycles. The first-order chi connectivity index (χ1) is 19.2. The van der Waals surface area contributed by atoms with Crippen molar-refractivity contribution in [2.45, 2.75) is 73.1 Å². The second-order valence-corrected chi connectivity index (χ2v) is 14.0. The lowest BCUT2D eigenvalue weighted by atomic mass is 9.93. The van der Waals surface area contributed by atoms with Crippen LogP contribution in [0.1, 0.15) is 69.9 Å². The molecule has 0 unspecified atom stereocenters. The van der Waals surface area contributed by atoms with E-state index in [0.717, 1.165) is 23.0 Å². The molecule has 0 spiro atoms. The van der Waals surface area contributed by atoms with Crippen LogP contribution in [0.2, 0.25) is 0 Å². The van der Waals surface area contributed by atoms with Crippen LogP contribution in [0.15, 0.2) is 48.7 Å². The predicted molar refractivity (Wildman–Crippen MR) is 170 cm³/mol. The molecule has 0 bridgehead atoms. The SMILES string of the molecule is Cc1cc2cc(C)c(C)c3c2c(c1)n1c2cc(-c4nc(C(C)(C)C)nc(C(C)(C)C)n4)ccc2c2cc[n+](C)c3c21. The van der Waals surface area contributed by atoms with Gasteiger partial charge in [-0.2, -0.15) is 4.57 Å². The molecule has 0 aliphatic carbocycles. The third-order valence-electron chi connectivity index (χ3n) is 8.64.